The maximum atomic E-state index is 11.9. The van der Waals surface area contributed by atoms with E-state index in [1.807, 2.05) is 7.05 Å². The van der Waals surface area contributed by atoms with E-state index in [0.29, 0.717) is 5.75 Å². The molecule has 2 aliphatic heterocycles. The van der Waals surface area contributed by atoms with Crippen LogP contribution in [0.4, 0.5) is 4.79 Å². The number of hydrogen-bond acceptors (Lipinski definition) is 3. The molecule has 2 fully saturated rings. The van der Waals surface area contributed by atoms with Gasteiger partial charge in [-0.3, -0.25) is 4.21 Å². The molecule has 5 nitrogen and oxygen atoms in total. The molecule has 0 saturated carbocycles. The first kappa shape index (κ1) is 14.8. The van der Waals surface area contributed by atoms with Gasteiger partial charge in [-0.25, -0.2) is 4.79 Å². The number of rotatable bonds is 5. The normalized spacial score (nSPS) is 27.6. The van der Waals surface area contributed by atoms with E-state index in [4.69, 9.17) is 0 Å². The molecule has 2 saturated heterocycles. The van der Waals surface area contributed by atoms with Gasteiger partial charge in [0.2, 0.25) is 0 Å². The quantitative estimate of drug-likeness (QED) is 0.807. The van der Waals surface area contributed by atoms with Gasteiger partial charge in [0, 0.05) is 41.9 Å². The predicted molar refractivity (Wildman–Crippen MR) is 77.7 cm³/mol. The van der Waals surface area contributed by atoms with Crippen molar-refractivity contribution in [3.63, 3.8) is 0 Å². The van der Waals surface area contributed by atoms with Gasteiger partial charge in [-0.05, 0) is 45.3 Å². The van der Waals surface area contributed by atoms with E-state index < -0.39 is 10.8 Å². The van der Waals surface area contributed by atoms with E-state index >= 15 is 0 Å². The molecule has 0 bridgehead atoms. The number of carbonyl (C=O) groups excluding carboxylic acids is 1. The van der Waals surface area contributed by atoms with Crippen molar-refractivity contribution in [1.82, 2.24) is 15.1 Å². The molecule has 0 aromatic rings. The lowest BCUT2D eigenvalue weighted by Crippen LogP contribution is -2.44. The highest BCUT2D eigenvalue weighted by Crippen LogP contribution is 2.09. The summed E-state index contributed by atoms with van der Waals surface area (Å²) in [4.78, 5) is 16.1. The Morgan fingerprint density at radius 2 is 2.16 bits per heavy atom. The second kappa shape index (κ2) is 7.24. The smallest absolute Gasteiger partial charge is 0.317 e. The van der Waals surface area contributed by atoms with E-state index in [0.717, 1.165) is 31.7 Å². The molecule has 1 N–H and O–H groups in total. The SMILES string of the molecule is CN(CCCN1CCCC1)C(=O)N[C@H]1CC[S@](=O)C1. The van der Waals surface area contributed by atoms with Crippen LogP contribution in [0.5, 0.6) is 0 Å². The van der Waals surface area contributed by atoms with Gasteiger partial charge in [0.1, 0.15) is 0 Å². The van der Waals surface area contributed by atoms with Crippen molar-refractivity contribution in [3.05, 3.63) is 0 Å². The van der Waals surface area contributed by atoms with E-state index in [-0.39, 0.29) is 12.1 Å². The van der Waals surface area contributed by atoms with Crippen LogP contribution in [0.2, 0.25) is 0 Å². The lowest BCUT2D eigenvalue weighted by atomic mass is 10.3. The molecule has 0 unspecified atom stereocenters. The Balaban J connectivity index is 1.60. The van der Waals surface area contributed by atoms with Gasteiger partial charge in [-0.1, -0.05) is 0 Å². The summed E-state index contributed by atoms with van der Waals surface area (Å²) in [5, 5.41) is 2.97. The first-order chi connectivity index (χ1) is 9.15. The topological polar surface area (TPSA) is 52.6 Å². The number of hydrogen-bond donors (Lipinski definition) is 1. The Morgan fingerprint density at radius 3 is 2.79 bits per heavy atom. The minimum absolute atomic E-state index is 0.0229. The van der Waals surface area contributed by atoms with Crippen LogP contribution >= 0.6 is 0 Å². The van der Waals surface area contributed by atoms with Crippen molar-refractivity contribution in [2.24, 2.45) is 0 Å². The summed E-state index contributed by atoms with van der Waals surface area (Å²) in [6, 6.07) is 0.0830. The number of likely N-dealkylation sites (tertiary alicyclic amines) is 1. The molecule has 0 aromatic carbocycles. The molecule has 0 spiro atoms. The maximum absolute atomic E-state index is 11.9. The fraction of sp³-hybridized carbons (Fsp3) is 0.923. The molecule has 2 heterocycles. The molecule has 110 valence electrons. The standard InChI is InChI=1S/C13H25N3O2S/c1-15(6-4-9-16-7-2-3-8-16)13(17)14-12-5-10-19(18)11-12/h12H,2-11H2,1H3,(H,14,17)/t12-,19-/m0/s1. The highest BCUT2D eigenvalue weighted by Gasteiger charge is 2.23. The molecule has 19 heavy (non-hydrogen) atoms. The van der Waals surface area contributed by atoms with Crippen LogP contribution in [0.15, 0.2) is 0 Å². The average Bonchev–Trinajstić information content (AvgIpc) is 3.01. The van der Waals surface area contributed by atoms with Crippen LogP contribution in [0, 0.1) is 0 Å². The third kappa shape index (κ3) is 4.76. The van der Waals surface area contributed by atoms with Gasteiger partial charge in [0.15, 0.2) is 0 Å². The fourth-order valence-corrected chi connectivity index (χ4v) is 4.12. The van der Waals surface area contributed by atoms with Crippen molar-refractivity contribution in [2.45, 2.75) is 31.7 Å². The van der Waals surface area contributed by atoms with Crippen molar-refractivity contribution in [1.29, 1.82) is 0 Å². The van der Waals surface area contributed by atoms with Crippen LogP contribution in [0.3, 0.4) is 0 Å². The summed E-state index contributed by atoms with van der Waals surface area (Å²) in [7, 11) is 1.11. The third-order valence-electron chi connectivity index (χ3n) is 3.92. The summed E-state index contributed by atoms with van der Waals surface area (Å²) < 4.78 is 11.3. The zero-order valence-corrected chi connectivity index (χ0v) is 12.6. The number of amides is 2. The minimum atomic E-state index is -0.730. The van der Waals surface area contributed by atoms with E-state index in [2.05, 4.69) is 10.2 Å². The van der Waals surface area contributed by atoms with Gasteiger partial charge in [0.25, 0.3) is 0 Å². The van der Waals surface area contributed by atoms with E-state index in [1.165, 1.54) is 25.9 Å². The van der Waals surface area contributed by atoms with Crippen LogP contribution in [-0.2, 0) is 10.8 Å². The molecule has 6 heteroatoms. The summed E-state index contributed by atoms with van der Waals surface area (Å²) >= 11 is 0. The predicted octanol–water partition coefficient (Wildman–Crippen LogP) is 0.635. The number of nitrogens with zero attached hydrogens (tertiary/aromatic N) is 2. The van der Waals surface area contributed by atoms with Crippen LogP contribution in [-0.4, -0.2) is 70.8 Å². The van der Waals surface area contributed by atoms with Gasteiger partial charge < -0.3 is 15.1 Å². The molecular formula is C13H25N3O2S. The zero-order valence-electron chi connectivity index (χ0n) is 11.8. The lowest BCUT2D eigenvalue weighted by molar-refractivity contribution is 0.202. The number of nitrogens with one attached hydrogen (secondary N) is 1. The molecule has 0 aliphatic carbocycles. The third-order valence-corrected chi connectivity index (χ3v) is 5.39. The Morgan fingerprint density at radius 1 is 1.42 bits per heavy atom. The molecule has 0 aromatic heterocycles. The average molecular weight is 287 g/mol. The summed E-state index contributed by atoms with van der Waals surface area (Å²) in [5.41, 5.74) is 0. The largest absolute Gasteiger partial charge is 0.334 e. The summed E-state index contributed by atoms with van der Waals surface area (Å²) in [6.45, 7) is 4.30. The first-order valence-electron chi connectivity index (χ1n) is 7.24. The fourth-order valence-electron chi connectivity index (χ4n) is 2.70. The monoisotopic (exact) mass is 287 g/mol. The number of carbonyl (C=O) groups is 1. The molecule has 2 aliphatic rings. The first-order valence-corrected chi connectivity index (χ1v) is 8.73. The summed E-state index contributed by atoms with van der Waals surface area (Å²) in [6.07, 6.45) is 4.50. The van der Waals surface area contributed by atoms with Crippen molar-refractivity contribution in [2.75, 3.05) is 44.7 Å². The summed E-state index contributed by atoms with van der Waals surface area (Å²) in [5.74, 6) is 1.34. The highest BCUT2D eigenvalue weighted by atomic mass is 32.2. The molecule has 2 rings (SSSR count). The van der Waals surface area contributed by atoms with Crippen LogP contribution in [0.25, 0.3) is 0 Å². The van der Waals surface area contributed by atoms with E-state index in [1.54, 1.807) is 4.90 Å². The Kier molecular flexibility index (Phi) is 5.63. The number of urea groups is 1. The molecule has 0 radical (unpaired) electrons. The Hall–Kier alpha value is -0.620. The van der Waals surface area contributed by atoms with Crippen LogP contribution < -0.4 is 5.32 Å². The van der Waals surface area contributed by atoms with Gasteiger partial charge >= 0.3 is 6.03 Å². The maximum Gasteiger partial charge on any atom is 0.317 e. The second-order valence-electron chi connectivity index (χ2n) is 5.57. The molecule has 2 amide bonds. The highest BCUT2D eigenvalue weighted by molar-refractivity contribution is 7.85. The molecule has 2 atom stereocenters. The van der Waals surface area contributed by atoms with E-state index in [9.17, 15) is 9.00 Å². The van der Waals surface area contributed by atoms with Crippen LogP contribution in [0.1, 0.15) is 25.7 Å². The molecular weight excluding hydrogens is 262 g/mol. The zero-order chi connectivity index (χ0) is 13.7. The second-order valence-corrected chi connectivity index (χ2v) is 7.19. The van der Waals surface area contributed by atoms with Gasteiger partial charge in [-0.15, -0.1) is 0 Å². The van der Waals surface area contributed by atoms with Crippen molar-refractivity contribution >= 4 is 16.8 Å². The lowest BCUT2D eigenvalue weighted by Gasteiger charge is -2.22. The van der Waals surface area contributed by atoms with Gasteiger partial charge in [0.05, 0.1) is 0 Å². The Labute approximate surface area is 118 Å². The van der Waals surface area contributed by atoms with Crippen molar-refractivity contribution < 1.29 is 9.00 Å². The minimum Gasteiger partial charge on any atom is -0.334 e. The van der Waals surface area contributed by atoms with Gasteiger partial charge in [-0.2, -0.15) is 0 Å². The Bertz CT molecular complexity index is 332. The van der Waals surface area contributed by atoms with Crippen molar-refractivity contribution in [3.8, 4) is 0 Å².